The van der Waals surface area contributed by atoms with Crippen LogP contribution >= 0.6 is 34.5 Å². The van der Waals surface area contributed by atoms with E-state index in [2.05, 4.69) is 0 Å². The van der Waals surface area contributed by atoms with Crippen molar-refractivity contribution in [3.05, 3.63) is 33.1 Å². The average molecular weight is 372 g/mol. The Hall–Kier alpha value is -1.34. The summed E-state index contributed by atoms with van der Waals surface area (Å²) in [4.78, 5) is 27.9. The summed E-state index contributed by atoms with van der Waals surface area (Å²) in [6, 6.07) is 5.41. The fourth-order valence-electron chi connectivity index (χ4n) is 2.65. The van der Waals surface area contributed by atoms with E-state index in [1.807, 2.05) is 17.0 Å². The third-order valence-electron chi connectivity index (χ3n) is 3.82. The lowest BCUT2D eigenvalue weighted by Crippen LogP contribution is -2.50. The second-order valence-corrected chi connectivity index (χ2v) is 7.29. The van der Waals surface area contributed by atoms with Crippen LogP contribution in [0.5, 0.6) is 0 Å². The highest BCUT2D eigenvalue weighted by Gasteiger charge is 2.26. The highest BCUT2D eigenvalue weighted by atomic mass is 35.5. The van der Waals surface area contributed by atoms with Crippen LogP contribution < -0.4 is 5.73 Å². The van der Waals surface area contributed by atoms with Crippen molar-refractivity contribution in [3.8, 4) is 0 Å². The van der Waals surface area contributed by atoms with Gasteiger partial charge in [-0.05, 0) is 12.1 Å². The number of amides is 2. The minimum atomic E-state index is -0.353. The summed E-state index contributed by atoms with van der Waals surface area (Å²) in [6.07, 6.45) is 0. The van der Waals surface area contributed by atoms with Gasteiger partial charge in [0, 0.05) is 41.3 Å². The Kier molecular flexibility index (Phi) is 4.77. The van der Waals surface area contributed by atoms with Crippen LogP contribution in [-0.2, 0) is 4.79 Å². The van der Waals surface area contributed by atoms with Crippen molar-refractivity contribution >= 4 is 56.4 Å². The predicted octanol–water partition coefficient (Wildman–Crippen LogP) is 2.45. The van der Waals surface area contributed by atoms with Gasteiger partial charge in [0.25, 0.3) is 5.91 Å². The van der Waals surface area contributed by atoms with Crippen molar-refractivity contribution < 1.29 is 9.59 Å². The van der Waals surface area contributed by atoms with Gasteiger partial charge in [-0.25, -0.2) is 0 Å². The maximum atomic E-state index is 12.7. The number of piperazine rings is 1. The highest BCUT2D eigenvalue weighted by Crippen LogP contribution is 2.37. The van der Waals surface area contributed by atoms with E-state index in [0.29, 0.717) is 41.1 Å². The van der Waals surface area contributed by atoms with Gasteiger partial charge in [0.15, 0.2) is 0 Å². The summed E-state index contributed by atoms with van der Waals surface area (Å²) < 4.78 is 0.901. The summed E-state index contributed by atoms with van der Waals surface area (Å²) in [7, 11) is 0. The Bertz CT molecular complexity index is 769. The topological polar surface area (TPSA) is 66.6 Å². The number of carbonyl (C=O) groups excluding carboxylic acids is 2. The normalized spacial score (nSPS) is 16.0. The highest BCUT2D eigenvalue weighted by molar-refractivity contribution is 7.21. The van der Waals surface area contributed by atoms with E-state index in [0.717, 1.165) is 10.1 Å². The number of halogens is 2. The molecule has 23 heavy (non-hydrogen) atoms. The molecule has 0 radical (unpaired) electrons. The summed E-state index contributed by atoms with van der Waals surface area (Å²) in [5, 5.41) is 1.94. The molecule has 2 heterocycles. The molecule has 0 bridgehead atoms. The molecule has 0 atom stereocenters. The van der Waals surface area contributed by atoms with Crippen LogP contribution in [0.1, 0.15) is 9.67 Å². The van der Waals surface area contributed by atoms with Crippen molar-refractivity contribution in [2.75, 3.05) is 32.7 Å². The fraction of sp³-hybridized carbons (Fsp3) is 0.333. The first kappa shape index (κ1) is 16.5. The molecule has 3 rings (SSSR count). The smallest absolute Gasteiger partial charge is 0.265 e. The molecular weight excluding hydrogens is 357 g/mol. The third kappa shape index (κ3) is 3.45. The van der Waals surface area contributed by atoms with Crippen LogP contribution in [0.4, 0.5) is 0 Å². The average Bonchev–Trinajstić information content (AvgIpc) is 2.83. The molecular formula is C15H15Cl2N3O2S. The van der Waals surface area contributed by atoms with Crippen molar-refractivity contribution in [1.29, 1.82) is 0 Å². The lowest BCUT2D eigenvalue weighted by Gasteiger charge is -2.33. The molecule has 122 valence electrons. The van der Waals surface area contributed by atoms with E-state index in [-0.39, 0.29) is 18.4 Å². The Morgan fingerprint density at radius 3 is 2.52 bits per heavy atom. The molecule has 2 N–H and O–H groups in total. The van der Waals surface area contributed by atoms with Gasteiger partial charge < -0.3 is 10.6 Å². The number of nitrogens with zero attached hydrogens (tertiary/aromatic N) is 2. The zero-order valence-electron chi connectivity index (χ0n) is 12.2. The molecule has 8 heteroatoms. The number of rotatable bonds is 3. The predicted molar refractivity (Wildman–Crippen MR) is 93.4 cm³/mol. The van der Waals surface area contributed by atoms with E-state index in [1.165, 1.54) is 11.3 Å². The first-order valence-corrected chi connectivity index (χ1v) is 8.70. The summed E-state index contributed by atoms with van der Waals surface area (Å²) in [5.41, 5.74) is 5.20. The molecule has 1 saturated heterocycles. The first-order chi connectivity index (χ1) is 11.0. The molecule has 0 spiro atoms. The van der Waals surface area contributed by atoms with Gasteiger partial charge in [-0.1, -0.05) is 29.3 Å². The van der Waals surface area contributed by atoms with Crippen LogP contribution in [0.15, 0.2) is 18.2 Å². The maximum Gasteiger partial charge on any atom is 0.265 e. The fourth-order valence-corrected chi connectivity index (χ4v) is 4.41. The number of hydrogen-bond acceptors (Lipinski definition) is 4. The number of benzene rings is 1. The number of carbonyl (C=O) groups is 2. The standard InChI is InChI=1S/C15H15Cl2N3O2S/c16-9-1-2-10-11(7-9)23-14(13(10)17)15(22)20-5-3-19(4-6-20)8-12(18)21/h1-2,7H,3-6,8H2,(H2,18,21). The Morgan fingerprint density at radius 2 is 1.87 bits per heavy atom. The van der Waals surface area contributed by atoms with Crippen LogP contribution in [0.3, 0.4) is 0 Å². The second-order valence-electron chi connectivity index (χ2n) is 5.42. The molecule has 1 fully saturated rings. The van der Waals surface area contributed by atoms with Gasteiger partial charge in [0.1, 0.15) is 4.88 Å². The number of hydrogen-bond donors (Lipinski definition) is 1. The third-order valence-corrected chi connectivity index (χ3v) is 5.70. The number of nitrogens with two attached hydrogens (primary N) is 1. The Morgan fingerprint density at radius 1 is 1.17 bits per heavy atom. The van der Waals surface area contributed by atoms with Crippen LogP contribution in [0.25, 0.3) is 10.1 Å². The zero-order valence-corrected chi connectivity index (χ0v) is 14.5. The molecule has 0 aliphatic carbocycles. The SMILES string of the molecule is NC(=O)CN1CCN(C(=O)c2sc3cc(Cl)ccc3c2Cl)CC1. The van der Waals surface area contributed by atoms with E-state index >= 15 is 0 Å². The van der Waals surface area contributed by atoms with Gasteiger partial charge in [-0.15, -0.1) is 11.3 Å². The largest absolute Gasteiger partial charge is 0.369 e. The van der Waals surface area contributed by atoms with E-state index in [9.17, 15) is 9.59 Å². The zero-order chi connectivity index (χ0) is 16.6. The van der Waals surface area contributed by atoms with Crippen LogP contribution in [0, 0.1) is 0 Å². The van der Waals surface area contributed by atoms with Gasteiger partial charge >= 0.3 is 0 Å². The van der Waals surface area contributed by atoms with E-state index in [4.69, 9.17) is 28.9 Å². The second kappa shape index (κ2) is 6.65. The monoisotopic (exact) mass is 371 g/mol. The molecule has 0 unspecified atom stereocenters. The van der Waals surface area contributed by atoms with E-state index in [1.54, 1.807) is 11.0 Å². The van der Waals surface area contributed by atoms with Crippen molar-refractivity contribution in [2.45, 2.75) is 0 Å². The quantitative estimate of drug-likeness (QED) is 0.900. The molecule has 5 nitrogen and oxygen atoms in total. The molecule has 1 aliphatic rings. The number of primary amides is 1. The van der Waals surface area contributed by atoms with Gasteiger partial charge in [-0.2, -0.15) is 0 Å². The molecule has 1 aromatic heterocycles. The number of fused-ring (bicyclic) bond motifs is 1. The summed E-state index contributed by atoms with van der Waals surface area (Å²) in [6.45, 7) is 2.59. The Balaban J connectivity index is 1.76. The summed E-state index contributed by atoms with van der Waals surface area (Å²) in [5.74, 6) is -0.430. The van der Waals surface area contributed by atoms with Crippen molar-refractivity contribution in [2.24, 2.45) is 5.73 Å². The Labute approximate surface area is 147 Å². The van der Waals surface area contributed by atoms with Gasteiger partial charge in [0.05, 0.1) is 11.6 Å². The van der Waals surface area contributed by atoms with Gasteiger partial charge in [-0.3, -0.25) is 14.5 Å². The molecule has 0 saturated carbocycles. The lowest BCUT2D eigenvalue weighted by atomic mass is 10.2. The molecule has 2 aromatic rings. The van der Waals surface area contributed by atoms with Crippen molar-refractivity contribution in [3.63, 3.8) is 0 Å². The minimum Gasteiger partial charge on any atom is -0.369 e. The van der Waals surface area contributed by atoms with Crippen molar-refractivity contribution in [1.82, 2.24) is 9.80 Å². The summed E-state index contributed by atoms with van der Waals surface area (Å²) >= 11 is 13.7. The van der Waals surface area contributed by atoms with Gasteiger partial charge in [0.2, 0.25) is 5.91 Å². The first-order valence-electron chi connectivity index (χ1n) is 7.13. The molecule has 2 amide bonds. The molecule has 1 aromatic carbocycles. The van der Waals surface area contributed by atoms with E-state index < -0.39 is 0 Å². The van der Waals surface area contributed by atoms with Crippen LogP contribution in [0.2, 0.25) is 10.0 Å². The number of thiophene rings is 1. The van der Waals surface area contributed by atoms with Crippen LogP contribution in [-0.4, -0.2) is 54.3 Å². The lowest BCUT2D eigenvalue weighted by molar-refractivity contribution is -0.119. The molecule has 1 aliphatic heterocycles. The minimum absolute atomic E-state index is 0.0777. The maximum absolute atomic E-state index is 12.7.